The molecule has 2 heteroatoms. The Hall–Kier alpha value is -8.20. The normalized spacial score (nSPS) is 14.3. The molecule has 298 valence electrons. The maximum atomic E-state index is 6.93. The van der Waals surface area contributed by atoms with Crippen molar-refractivity contribution >= 4 is 17.1 Å². The lowest BCUT2D eigenvalue weighted by Crippen LogP contribution is -2.32. The SMILES string of the molecule is c1ccc(N(c2cccc(-c3ccc4c(c3)Oc3ccccc3C43c4ccccc4-c4ccccc43)c2)c2ccc3c(c2)C2(c4ccccc4-c4ccccc42)c2ccccc2-3)cc1. The summed E-state index contributed by atoms with van der Waals surface area (Å²) in [6.07, 6.45) is 0. The Morgan fingerprint density at radius 1 is 0.250 bits per heavy atom. The van der Waals surface area contributed by atoms with Crippen LogP contribution in [0.25, 0.3) is 44.5 Å². The molecule has 0 saturated carbocycles. The van der Waals surface area contributed by atoms with Gasteiger partial charge >= 0.3 is 0 Å². The summed E-state index contributed by atoms with van der Waals surface area (Å²) in [5.74, 6) is 1.78. The number of ether oxygens (including phenoxy) is 1. The van der Waals surface area contributed by atoms with E-state index in [0.717, 1.165) is 45.3 Å². The molecule has 14 rings (SSSR count). The van der Waals surface area contributed by atoms with E-state index in [1.807, 2.05) is 0 Å². The number of nitrogens with zero attached hydrogens (tertiary/aromatic N) is 1. The van der Waals surface area contributed by atoms with E-state index in [-0.39, 0.29) is 0 Å². The van der Waals surface area contributed by atoms with Crippen molar-refractivity contribution in [2.75, 3.05) is 4.90 Å². The zero-order valence-corrected chi connectivity index (χ0v) is 34.9. The highest BCUT2D eigenvalue weighted by atomic mass is 16.5. The van der Waals surface area contributed by atoms with Crippen molar-refractivity contribution in [3.05, 3.63) is 281 Å². The summed E-state index contributed by atoms with van der Waals surface area (Å²) in [6, 6.07) is 87.2. The molecule has 0 aromatic heterocycles. The van der Waals surface area contributed by atoms with Gasteiger partial charge in [0.1, 0.15) is 11.5 Å². The van der Waals surface area contributed by atoms with Crippen LogP contribution < -0.4 is 9.64 Å². The largest absolute Gasteiger partial charge is 0.457 e. The van der Waals surface area contributed by atoms with E-state index in [4.69, 9.17) is 4.74 Å². The standard InChI is InChI=1S/C62H39NO/c1-2-18-42(19-3-1)63(44-34-35-50-49-25-8-11-28-53(49)61(58(50)39-44)51-26-9-4-21-45(51)46-22-5-10-27-52(46)61)43-20-16-17-40(37-43)41-33-36-57-60(38-41)64-59-32-15-14-31-56(59)62(57)54-29-12-6-23-47(54)48-24-7-13-30-55(48)62/h1-39H. The summed E-state index contributed by atoms with van der Waals surface area (Å²) < 4.78 is 6.93. The summed E-state index contributed by atoms with van der Waals surface area (Å²) in [6.45, 7) is 0. The smallest absolute Gasteiger partial charge is 0.132 e. The van der Waals surface area contributed by atoms with Crippen LogP contribution in [0.1, 0.15) is 44.5 Å². The number of para-hydroxylation sites is 2. The molecule has 0 N–H and O–H groups in total. The molecular formula is C62H39NO. The van der Waals surface area contributed by atoms with Gasteiger partial charge in [0.05, 0.1) is 10.8 Å². The number of anilines is 3. The molecule has 0 atom stereocenters. The van der Waals surface area contributed by atoms with Crippen LogP contribution in [0.5, 0.6) is 11.5 Å². The van der Waals surface area contributed by atoms with Crippen molar-refractivity contribution in [1.29, 1.82) is 0 Å². The molecule has 2 spiro atoms. The van der Waals surface area contributed by atoms with E-state index in [1.54, 1.807) is 0 Å². The molecule has 1 aliphatic heterocycles. The molecular weight excluding hydrogens is 775 g/mol. The van der Waals surface area contributed by atoms with Gasteiger partial charge in [0, 0.05) is 28.2 Å². The molecule has 4 aliphatic rings. The summed E-state index contributed by atoms with van der Waals surface area (Å²) in [4.78, 5) is 2.42. The average molecular weight is 814 g/mol. The Labute approximate surface area is 373 Å². The highest BCUT2D eigenvalue weighted by Crippen LogP contribution is 2.64. The Bertz CT molecular complexity index is 3450. The molecule has 0 fully saturated rings. The van der Waals surface area contributed by atoms with Crippen LogP contribution in [0.4, 0.5) is 17.1 Å². The van der Waals surface area contributed by atoms with Crippen molar-refractivity contribution in [3.8, 4) is 56.0 Å². The van der Waals surface area contributed by atoms with Gasteiger partial charge in [0.15, 0.2) is 0 Å². The second-order valence-corrected chi connectivity index (χ2v) is 17.5. The minimum absolute atomic E-state index is 0.432. The summed E-state index contributed by atoms with van der Waals surface area (Å²) in [7, 11) is 0. The van der Waals surface area contributed by atoms with Crippen molar-refractivity contribution in [3.63, 3.8) is 0 Å². The third-order valence-electron chi connectivity index (χ3n) is 14.5. The molecule has 3 aliphatic carbocycles. The quantitative estimate of drug-likeness (QED) is 0.175. The monoisotopic (exact) mass is 813 g/mol. The minimum Gasteiger partial charge on any atom is -0.457 e. The van der Waals surface area contributed by atoms with E-state index in [1.165, 1.54) is 72.3 Å². The predicted molar refractivity (Wildman–Crippen MR) is 260 cm³/mol. The van der Waals surface area contributed by atoms with Crippen LogP contribution in [0.15, 0.2) is 237 Å². The first kappa shape index (κ1) is 35.4. The number of hydrogen-bond donors (Lipinski definition) is 0. The van der Waals surface area contributed by atoms with Crippen molar-refractivity contribution < 1.29 is 4.74 Å². The van der Waals surface area contributed by atoms with Gasteiger partial charge in [-0.25, -0.2) is 0 Å². The first-order valence-corrected chi connectivity index (χ1v) is 22.3. The summed E-state index contributed by atoms with van der Waals surface area (Å²) in [5.41, 5.74) is 22.6. The molecule has 2 nitrogen and oxygen atoms in total. The zero-order valence-electron chi connectivity index (χ0n) is 34.9. The third-order valence-corrected chi connectivity index (χ3v) is 14.5. The Kier molecular flexibility index (Phi) is 7.28. The molecule has 64 heavy (non-hydrogen) atoms. The third kappa shape index (κ3) is 4.54. The number of benzene rings is 10. The van der Waals surface area contributed by atoms with Gasteiger partial charge in [-0.3, -0.25) is 0 Å². The predicted octanol–water partition coefficient (Wildman–Crippen LogP) is 15.6. The molecule has 0 saturated heterocycles. The molecule has 0 radical (unpaired) electrons. The maximum Gasteiger partial charge on any atom is 0.132 e. The fourth-order valence-electron chi connectivity index (χ4n) is 12.1. The van der Waals surface area contributed by atoms with Crippen molar-refractivity contribution in [2.45, 2.75) is 10.8 Å². The molecule has 0 amide bonds. The number of hydrogen-bond acceptors (Lipinski definition) is 2. The number of rotatable bonds is 4. The van der Waals surface area contributed by atoms with E-state index < -0.39 is 10.8 Å². The van der Waals surface area contributed by atoms with Crippen LogP contribution in [0, 0.1) is 0 Å². The van der Waals surface area contributed by atoms with Gasteiger partial charge in [0.2, 0.25) is 0 Å². The molecule has 0 unspecified atom stereocenters. The fraction of sp³-hybridized carbons (Fsp3) is 0.0323. The lowest BCUT2D eigenvalue weighted by molar-refractivity contribution is 0.436. The first-order chi connectivity index (χ1) is 31.7. The number of fused-ring (bicyclic) bond motifs is 19. The lowest BCUT2D eigenvalue weighted by atomic mass is 9.66. The second-order valence-electron chi connectivity index (χ2n) is 17.5. The summed E-state index contributed by atoms with van der Waals surface area (Å²) >= 11 is 0. The van der Waals surface area contributed by atoms with E-state index in [9.17, 15) is 0 Å². The minimum atomic E-state index is -0.493. The van der Waals surface area contributed by atoms with Crippen molar-refractivity contribution in [2.24, 2.45) is 0 Å². The van der Waals surface area contributed by atoms with Gasteiger partial charge in [-0.15, -0.1) is 0 Å². The van der Waals surface area contributed by atoms with E-state index in [2.05, 4.69) is 241 Å². The average Bonchev–Trinajstić information content (AvgIpc) is 3.95. The fourth-order valence-corrected chi connectivity index (χ4v) is 12.1. The lowest BCUT2D eigenvalue weighted by Gasteiger charge is -2.39. The highest BCUT2D eigenvalue weighted by Gasteiger charge is 2.53. The van der Waals surface area contributed by atoms with Gasteiger partial charge in [0.25, 0.3) is 0 Å². The molecule has 10 aromatic carbocycles. The van der Waals surface area contributed by atoms with Crippen LogP contribution in [-0.2, 0) is 10.8 Å². The van der Waals surface area contributed by atoms with Crippen LogP contribution in [0.3, 0.4) is 0 Å². The van der Waals surface area contributed by atoms with Crippen LogP contribution in [-0.4, -0.2) is 0 Å². The molecule has 1 heterocycles. The van der Waals surface area contributed by atoms with Crippen LogP contribution >= 0.6 is 0 Å². The van der Waals surface area contributed by atoms with Crippen molar-refractivity contribution in [1.82, 2.24) is 0 Å². The van der Waals surface area contributed by atoms with Crippen LogP contribution in [0.2, 0.25) is 0 Å². The first-order valence-electron chi connectivity index (χ1n) is 22.3. The second kappa shape index (κ2) is 13.2. The molecule has 10 aromatic rings. The Balaban J connectivity index is 0.937. The van der Waals surface area contributed by atoms with Gasteiger partial charge in [-0.2, -0.15) is 0 Å². The Morgan fingerprint density at radius 3 is 1.25 bits per heavy atom. The highest BCUT2D eigenvalue weighted by molar-refractivity contribution is 5.97. The van der Waals surface area contributed by atoms with Gasteiger partial charge in [-0.1, -0.05) is 188 Å². The van der Waals surface area contributed by atoms with E-state index in [0.29, 0.717) is 0 Å². The summed E-state index contributed by atoms with van der Waals surface area (Å²) in [5, 5.41) is 0. The van der Waals surface area contributed by atoms with Gasteiger partial charge in [-0.05, 0) is 126 Å². The van der Waals surface area contributed by atoms with E-state index >= 15 is 0 Å². The van der Waals surface area contributed by atoms with Gasteiger partial charge < -0.3 is 9.64 Å². The maximum absolute atomic E-state index is 6.93. The topological polar surface area (TPSA) is 12.5 Å². The zero-order chi connectivity index (χ0) is 42.0. The Morgan fingerprint density at radius 2 is 0.672 bits per heavy atom. The molecule has 0 bridgehead atoms.